The average Bonchev–Trinajstić information content (AvgIpc) is 2.54. The van der Waals surface area contributed by atoms with E-state index >= 15 is 0 Å². The van der Waals surface area contributed by atoms with Gasteiger partial charge in [-0.15, -0.1) is 0 Å². The first-order valence-electron chi connectivity index (χ1n) is 7.42. The van der Waals surface area contributed by atoms with E-state index in [0.717, 1.165) is 5.02 Å². The summed E-state index contributed by atoms with van der Waals surface area (Å²) < 4.78 is 0. The van der Waals surface area contributed by atoms with E-state index < -0.39 is 0 Å². The van der Waals surface area contributed by atoms with Gasteiger partial charge >= 0.3 is 0 Å². The van der Waals surface area contributed by atoms with Crippen molar-refractivity contribution in [2.75, 3.05) is 0 Å². The molecule has 112 valence electrons. The second-order valence-corrected chi connectivity index (χ2v) is 5.77. The Morgan fingerprint density at radius 3 is 1.77 bits per heavy atom. The van der Waals surface area contributed by atoms with E-state index in [-0.39, 0.29) is 0 Å². The molecule has 0 atom stereocenters. The molecule has 0 fully saturated rings. The van der Waals surface area contributed by atoms with Gasteiger partial charge < -0.3 is 0 Å². The highest BCUT2D eigenvalue weighted by atomic mass is 35.5. The average molecular weight is 309 g/mol. The maximum atomic E-state index is 5.81. The lowest BCUT2D eigenvalue weighted by atomic mass is 10.0. The van der Waals surface area contributed by atoms with E-state index in [1.54, 1.807) is 0 Å². The Morgan fingerprint density at radius 1 is 0.591 bits per heavy atom. The number of hydrogen-bond acceptors (Lipinski definition) is 0. The van der Waals surface area contributed by atoms with Crippen LogP contribution in [0.3, 0.4) is 0 Å². The molecule has 3 rings (SSSR count). The highest BCUT2D eigenvalue weighted by Crippen LogP contribution is 2.22. The van der Waals surface area contributed by atoms with Crippen LogP contribution in [0.25, 0.3) is 11.1 Å². The smallest absolute Gasteiger partial charge is 0.0437 e. The van der Waals surface area contributed by atoms with Gasteiger partial charge in [0.2, 0.25) is 0 Å². The van der Waals surface area contributed by atoms with Gasteiger partial charge in [0, 0.05) is 5.02 Å². The van der Waals surface area contributed by atoms with Crippen molar-refractivity contribution < 1.29 is 0 Å². The summed E-state index contributed by atoms with van der Waals surface area (Å²) in [6.07, 6.45) is 0. The maximum absolute atomic E-state index is 5.81. The van der Waals surface area contributed by atoms with Crippen molar-refractivity contribution in [2.24, 2.45) is 0 Å². The summed E-state index contributed by atoms with van der Waals surface area (Å²) in [7, 11) is 0. The molecular weight excluding hydrogens is 288 g/mol. The lowest BCUT2D eigenvalue weighted by Gasteiger charge is -2.04. The molecule has 22 heavy (non-hydrogen) atoms. The van der Waals surface area contributed by atoms with Crippen LogP contribution in [0.1, 0.15) is 16.7 Å². The molecule has 0 radical (unpaired) electrons. The second kappa shape index (κ2) is 7.82. The predicted octanol–water partition coefficient (Wildman–Crippen LogP) is 6.62. The molecule has 0 unspecified atom stereocenters. The molecule has 0 bridgehead atoms. The van der Waals surface area contributed by atoms with E-state index in [0.29, 0.717) is 0 Å². The van der Waals surface area contributed by atoms with Gasteiger partial charge in [0.15, 0.2) is 0 Å². The number of aryl methyl sites for hydroxylation is 2. The molecular formula is C21H21Cl. The van der Waals surface area contributed by atoms with Gasteiger partial charge in [-0.25, -0.2) is 0 Å². The van der Waals surface area contributed by atoms with Crippen LogP contribution in [-0.4, -0.2) is 0 Å². The Labute approximate surface area is 138 Å². The van der Waals surface area contributed by atoms with Crippen molar-refractivity contribution in [1.82, 2.24) is 0 Å². The van der Waals surface area contributed by atoms with Crippen LogP contribution in [-0.2, 0) is 0 Å². The Bertz CT molecular complexity index is 710. The molecule has 0 amide bonds. The van der Waals surface area contributed by atoms with Gasteiger partial charge in [0.1, 0.15) is 0 Å². The van der Waals surface area contributed by atoms with Gasteiger partial charge in [-0.1, -0.05) is 78.3 Å². The maximum Gasteiger partial charge on any atom is 0.0437 e. The zero-order valence-corrected chi connectivity index (χ0v) is 14.1. The van der Waals surface area contributed by atoms with Crippen LogP contribution in [0.15, 0.2) is 72.8 Å². The molecule has 0 aliphatic rings. The third-order valence-electron chi connectivity index (χ3n) is 3.77. The molecule has 3 aromatic carbocycles. The Hall–Kier alpha value is -2.05. The SMILES string of the molecule is Cc1cccc(Cl)c1C.Cc1ccccc1-c1ccccc1. The number of rotatable bonds is 1. The molecule has 3 aromatic rings. The monoisotopic (exact) mass is 308 g/mol. The highest BCUT2D eigenvalue weighted by molar-refractivity contribution is 6.31. The summed E-state index contributed by atoms with van der Waals surface area (Å²) in [5.41, 5.74) is 6.37. The van der Waals surface area contributed by atoms with E-state index in [4.69, 9.17) is 11.6 Å². The van der Waals surface area contributed by atoms with E-state index in [2.05, 4.69) is 68.4 Å². The minimum absolute atomic E-state index is 0.856. The third-order valence-corrected chi connectivity index (χ3v) is 4.18. The number of benzene rings is 3. The van der Waals surface area contributed by atoms with Crippen molar-refractivity contribution in [2.45, 2.75) is 20.8 Å². The summed E-state index contributed by atoms with van der Waals surface area (Å²) >= 11 is 5.81. The fourth-order valence-electron chi connectivity index (χ4n) is 2.23. The molecule has 0 saturated heterocycles. The Morgan fingerprint density at radius 2 is 1.18 bits per heavy atom. The molecule has 0 N–H and O–H groups in total. The molecule has 0 saturated carbocycles. The summed E-state index contributed by atoms with van der Waals surface area (Å²) in [4.78, 5) is 0. The Balaban J connectivity index is 0.000000172. The van der Waals surface area contributed by atoms with Gasteiger partial charge in [0.05, 0.1) is 0 Å². The van der Waals surface area contributed by atoms with Crippen molar-refractivity contribution in [1.29, 1.82) is 0 Å². The van der Waals surface area contributed by atoms with Crippen LogP contribution in [0, 0.1) is 20.8 Å². The number of hydrogen-bond donors (Lipinski definition) is 0. The van der Waals surface area contributed by atoms with Gasteiger partial charge in [0.25, 0.3) is 0 Å². The van der Waals surface area contributed by atoms with E-state index in [1.165, 1.54) is 27.8 Å². The lowest BCUT2D eigenvalue weighted by Crippen LogP contribution is -1.80. The first-order valence-corrected chi connectivity index (χ1v) is 7.80. The van der Waals surface area contributed by atoms with Crippen LogP contribution in [0.2, 0.25) is 5.02 Å². The van der Waals surface area contributed by atoms with Gasteiger partial charge in [-0.2, -0.15) is 0 Å². The van der Waals surface area contributed by atoms with Crippen molar-refractivity contribution in [3.63, 3.8) is 0 Å². The van der Waals surface area contributed by atoms with Crippen LogP contribution < -0.4 is 0 Å². The molecule has 0 aliphatic carbocycles. The highest BCUT2D eigenvalue weighted by Gasteiger charge is 1.97. The van der Waals surface area contributed by atoms with E-state index in [1.807, 2.05) is 25.1 Å². The third kappa shape index (κ3) is 4.22. The normalized spacial score (nSPS) is 9.82. The predicted molar refractivity (Wildman–Crippen MR) is 97.5 cm³/mol. The zero-order valence-electron chi connectivity index (χ0n) is 13.3. The van der Waals surface area contributed by atoms with Crippen molar-refractivity contribution in [3.05, 3.63) is 94.5 Å². The van der Waals surface area contributed by atoms with E-state index in [9.17, 15) is 0 Å². The Kier molecular flexibility index (Phi) is 5.80. The molecule has 0 nitrogen and oxygen atoms in total. The zero-order chi connectivity index (χ0) is 15.9. The first-order chi connectivity index (χ1) is 10.6. The van der Waals surface area contributed by atoms with Gasteiger partial charge in [-0.3, -0.25) is 0 Å². The fraction of sp³-hybridized carbons (Fsp3) is 0.143. The summed E-state index contributed by atoms with van der Waals surface area (Å²) in [6, 6.07) is 24.8. The first kappa shape index (κ1) is 16.3. The second-order valence-electron chi connectivity index (χ2n) is 5.36. The quantitative estimate of drug-likeness (QED) is 0.474. The topological polar surface area (TPSA) is 0 Å². The standard InChI is InChI=1S/C13H12.C8H9Cl/c1-11-7-5-6-10-13(11)12-8-3-2-4-9-12;1-6-4-3-5-8(9)7(6)2/h2-10H,1H3;3-5H,1-2H3. The van der Waals surface area contributed by atoms with Crippen molar-refractivity contribution >= 4 is 11.6 Å². The molecule has 0 aromatic heterocycles. The molecule has 0 aliphatic heterocycles. The number of halogens is 1. The van der Waals surface area contributed by atoms with Gasteiger partial charge in [-0.05, 0) is 54.7 Å². The minimum Gasteiger partial charge on any atom is -0.0840 e. The molecule has 1 heteroatoms. The lowest BCUT2D eigenvalue weighted by molar-refractivity contribution is 1.34. The van der Waals surface area contributed by atoms with Crippen molar-refractivity contribution in [3.8, 4) is 11.1 Å². The van der Waals surface area contributed by atoms with Crippen LogP contribution in [0.5, 0.6) is 0 Å². The summed E-state index contributed by atoms with van der Waals surface area (Å²) in [6.45, 7) is 6.22. The molecule has 0 heterocycles. The van der Waals surface area contributed by atoms with Crippen LogP contribution in [0.4, 0.5) is 0 Å². The fourth-order valence-corrected chi connectivity index (χ4v) is 2.45. The largest absolute Gasteiger partial charge is 0.0840 e. The summed E-state index contributed by atoms with van der Waals surface area (Å²) in [5, 5.41) is 0.856. The summed E-state index contributed by atoms with van der Waals surface area (Å²) in [5.74, 6) is 0. The minimum atomic E-state index is 0.856. The van der Waals surface area contributed by atoms with Crippen LogP contribution >= 0.6 is 11.6 Å². The molecule has 0 spiro atoms.